The van der Waals surface area contributed by atoms with Gasteiger partial charge in [-0.25, -0.2) is 8.42 Å². The van der Waals surface area contributed by atoms with Gasteiger partial charge in [0.05, 0.1) is 18.1 Å². The van der Waals surface area contributed by atoms with Crippen molar-refractivity contribution in [1.29, 1.82) is 0 Å². The first-order valence-electron chi connectivity index (χ1n) is 9.52. The van der Waals surface area contributed by atoms with Gasteiger partial charge in [-0.2, -0.15) is 0 Å². The van der Waals surface area contributed by atoms with E-state index < -0.39 is 9.84 Å². The molecule has 7 nitrogen and oxygen atoms in total. The Morgan fingerprint density at radius 3 is 2.59 bits per heavy atom. The second-order valence-corrected chi connectivity index (χ2v) is 9.41. The molecule has 29 heavy (non-hydrogen) atoms. The van der Waals surface area contributed by atoms with Crippen molar-refractivity contribution >= 4 is 21.9 Å². The van der Waals surface area contributed by atoms with Crippen molar-refractivity contribution in [2.24, 2.45) is 0 Å². The lowest BCUT2D eigenvalue weighted by atomic mass is 10.1. The molecule has 1 fully saturated rings. The van der Waals surface area contributed by atoms with E-state index >= 15 is 0 Å². The number of aldehydes is 1. The second-order valence-electron chi connectivity index (χ2n) is 7.18. The lowest BCUT2D eigenvalue weighted by Gasteiger charge is -2.16. The summed E-state index contributed by atoms with van der Waals surface area (Å²) in [5.74, 6) is 0.881. The maximum absolute atomic E-state index is 12.8. The fourth-order valence-corrected chi connectivity index (χ4v) is 5.51. The van der Waals surface area contributed by atoms with E-state index in [-0.39, 0.29) is 29.9 Å². The lowest BCUT2D eigenvalue weighted by molar-refractivity contribution is 0.0917. The fraction of sp³-hybridized carbons (Fsp3) is 0.429. The molecule has 3 rings (SSSR count). The molecule has 8 heteroatoms. The first-order chi connectivity index (χ1) is 13.8. The molecule has 0 aliphatic carbocycles. The van der Waals surface area contributed by atoms with Gasteiger partial charge in [0.25, 0.3) is 0 Å². The maximum atomic E-state index is 12.8. The van der Waals surface area contributed by atoms with Crippen LogP contribution in [0.15, 0.2) is 24.3 Å². The minimum absolute atomic E-state index is 0.105. The van der Waals surface area contributed by atoms with Crippen molar-refractivity contribution in [2.45, 2.75) is 33.2 Å². The molecular formula is C21H25NO6S. The molecule has 0 radical (unpaired) electrons. The molecule has 1 aliphatic rings. The number of benzene rings is 1. The van der Waals surface area contributed by atoms with Crippen molar-refractivity contribution in [3.63, 3.8) is 0 Å². The minimum Gasteiger partial charge on any atom is -0.490 e. The normalized spacial score (nSPS) is 17.8. The SMILES string of the molecule is CCOc1cc(C=O)ccc1OCC(=O)c1cc(C)n([C@H]2CCS(=O)(=O)C2)c1C. The Morgan fingerprint density at radius 2 is 1.97 bits per heavy atom. The van der Waals surface area contributed by atoms with Gasteiger partial charge in [-0.05, 0) is 51.5 Å². The largest absolute Gasteiger partial charge is 0.490 e. The predicted octanol–water partition coefficient (Wildman–Crippen LogP) is 2.94. The van der Waals surface area contributed by atoms with E-state index in [0.717, 1.165) is 17.7 Å². The summed E-state index contributed by atoms with van der Waals surface area (Å²) in [4.78, 5) is 23.7. The number of hydrogen-bond acceptors (Lipinski definition) is 6. The number of rotatable bonds is 8. The smallest absolute Gasteiger partial charge is 0.202 e. The van der Waals surface area contributed by atoms with Crippen LogP contribution < -0.4 is 9.47 Å². The summed E-state index contributed by atoms with van der Waals surface area (Å²) in [5.41, 5.74) is 2.59. The zero-order valence-corrected chi connectivity index (χ0v) is 17.6. The van der Waals surface area contributed by atoms with Crippen LogP contribution in [0.3, 0.4) is 0 Å². The summed E-state index contributed by atoms with van der Waals surface area (Å²) in [7, 11) is -3.02. The molecule has 2 heterocycles. The highest BCUT2D eigenvalue weighted by Gasteiger charge is 2.31. The Balaban J connectivity index is 1.77. The third-order valence-corrected chi connectivity index (χ3v) is 6.87. The van der Waals surface area contributed by atoms with Gasteiger partial charge in [-0.15, -0.1) is 0 Å². The van der Waals surface area contributed by atoms with E-state index in [2.05, 4.69) is 0 Å². The molecule has 0 N–H and O–H groups in total. The van der Waals surface area contributed by atoms with Crippen LogP contribution in [-0.4, -0.2) is 49.8 Å². The van der Waals surface area contributed by atoms with Crippen LogP contribution in [0, 0.1) is 13.8 Å². The fourth-order valence-electron chi connectivity index (χ4n) is 3.81. The second kappa shape index (κ2) is 8.41. The summed E-state index contributed by atoms with van der Waals surface area (Å²) in [6, 6.07) is 6.42. The average Bonchev–Trinajstić information content (AvgIpc) is 3.18. The number of carbonyl (C=O) groups is 2. The van der Waals surface area contributed by atoms with E-state index in [1.54, 1.807) is 24.3 Å². The van der Waals surface area contributed by atoms with Crippen LogP contribution >= 0.6 is 0 Å². The number of sulfone groups is 1. The third kappa shape index (κ3) is 4.53. The van der Waals surface area contributed by atoms with Crippen molar-refractivity contribution < 1.29 is 27.5 Å². The number of aromatic nitrogens is 1. The molecule has 1 atom stereocenters. The number of ether oxygens (including phenoxy) is 2. The summed E-state index contributed by atoms with van der Waals surface area (Å²) in [5, 5.41) is 0. The Morgan fingerprint density at radius 1 is 1.21 bits per heavy atom. The zero-order valence-electron chi connectivity index (χ0n) is 16.8. The maximum Gasteiger partial charge on any atom is 0.202 e. The molecule has 0 bridgehead atoms. The van der Waals surface area contributed by atoms with Crippen LogP contribution in [0.25, 0.3) is 0 Å². The van der Waals surface area contributed by atoms with Gasteiger partial charge in [0.2, 0.25) is 5.78 Å². The molecular weight excluding hydrogens is 394 g/mol. The molecule has 1 aliphatic heterocycles. The van der Waals surface area contributed by atoms with E-state index in [1.807, 2.05) is 25.3 Å². The quantitative estimate of drug-likeness (QED) is 0.483. The summed E-state index contributed by atoms with van der Waals surface area (Å²) in [6.45, 7) is 5.74. The van der Waals surface area contributed by atoms with E-state index in [9.17, 15) is 18.0 Å². The minimum atomic E-state index is -3.02. The van der Waals surface area contributed by atoms with E-state index in [0.29, 0.717) is 35.7 Å². The number of aryl methyl sites for hydroxylation is 1. The molecule has 0 spiro atoms. The molecule has 1 aromatic heterocycles. The van der Waals surface area contributed by atoms with Gasteiger partial charge < -0.3 is 14.0 Å². The summed E-state index contributed by atoms with van der Waals surface area (Å²) >= 11 is 0. The molecule has 1 saturated heterocycles. The molecule has 156 valence electrons. The highest BCUT2D eigenvalue weighted by molar-refractivity contribution is 7.91. The van der Waals surface area contributed by atoms with Gasteiger partial charge in [-0.3, -0.25) is 9.59 Å². The van der Waals surface area contributed by atoms with Gasteiger partial charge >= 0.3 is 0 Å². The van der Waals surface area contributed by atoms with Crippen LogP contribution in [0.1, 0.15) is 51.5 Å². The Kier molecular flexibility index (Phi) is 6.12. The topological polar surface area (TPSA) is 91.7 Å². The lowest BCUT2D eigenvalue weighted by Crippen LogP contribution is -2.16. The third-order valence-electron chi connectivity index (χ3n) is 5.12. The van der Waals surface area contributed by atoms with Gasteiger partial charge in [0, 0.05) is 28.6 Å². The van der Waals surface area contributed by atoms with Crippen LogP contribution in [0.5, 0.6) is 11.5 Å². The van der Waals surface area contributed by atoms with Crippen LogP contribution in [-0.2, 0) is 9.84 Å². The Hall–Kier alpha value is -2.61. The van der Waals surface area contributed by atoms with Crippen molar-refractivity contribution in [2.75, 3.05) is 24.7 Å². The molecule has 0 unspecified atom stereocenters. The summed E-state index contributed by atoms with van der Waals surface area (Å²) < 4.78 is 36.8. The monoisotopic (exact) mass is 419 g/mol. The highest BCUT2D eigenvalue weighted by Crippen LogP contribution is 2.30. The summed E-state index contributed by atoms with van der Waals surface area (Å²) in [6.07, 6.45) is 1.28. The molecule has 0 saturated carbocycles. The number of carbonyl (C=O) groups excluding carboxylic acids is 2. The van der Waals surface area contributed by atoms with Gasteiger partial charge in [0.15, 0.2) is 27.9 Å². The number of ketones is 1. The first kappa shape index (κ1) is 21.1. The number of hydrogen-bond donors (Lipinski definition) is 0. The van der Waals surface area contributed by atoms with Crippen molar-refractivity contribution in [3.05, 3.63) is 46.8 Å². The first-order valence-corrected chi connectivity index (χ1v) is 11.3. The molecule has 1 aromatic carbocycles. The zero-order chi connectivity index (χ0) is 21.2. The number of Topliss-reactive ketones (excluding diaryl/α,β-unsaturated/α-hetero) is 1. The van der Waals surface area contributed by atoms with Crippen LogP contribution in [0.2, 0.25) is 0 Å². The van der Waals surface area contributed by atoms with Gasteiger partial charge in [-0.1, -0.05) is 0 Å². The Bertz CT molecular complexity index is 1040. The Labute approximate surface area is 170 Å². The standard InChI is InChI=1S/C21H25NO6S/c1-4-27-21-10-16(11-23)5-6-20(21)28-12-19(24)18-9-14(2)22(15(18)3)17-7-8-29(25,26)13-17/h5-6,9-11,17H,4,7-8,12-13H2,1-3H3/t17-/m0/s1. The molecule has 2 aromatic rings. The van der Waals surface area contributed by atoms with Gasteiger partial charge in [0.1, 0.15) is 6.29 Å². The average molecular weight is 419 g/mol. The highest BCUT2D eigenvalue weighted by atomic mass is 32.2. The van der Waals surface area contributed by atoms with E-state index in [1.165, 1.54) is 0 Å². The van der Waals surface area contributed by atoms with Crippen molar-refractivity contribution in [1.82, 2.24) is 4.57 Å². The van der Waals surface area contributed by atoms with Crippen molar-refractivity contribution in [3.8, 4) is 11.5 Å². The predicted molar refractivity (Wildman–Crippen MR) is 109 cm³/mol. The van der Waals surface area contributed by atoms with Crippen LogP contribution in [0.4, 0.5) is 0 Å². The molecule has 0 amide bonds. The van der Waals surface area contributed by atoms with E-state index in [4.69, 9.17) is 9.47 Å². The number of nitrogens with zero attached hydrogens (tertiary/aromatic N) is 1.